The minimum atomic E-state index is -0.556. The van der Waals surface area contributed by atoms with Crippen molar-refractivity contribution in [2.75, 3.05) is 11.9 Å². The molecule has 2 aromatic carbocycles. The van der Waals surface area contributed by atoms with E-state index in [0.29, 0.717) is 16.8 Å². The van der Waals surface area contributed by atoms with Crippen LogP contribution in [0.5, 0.6) is 0 Å². The molecule has 0 bridgehead atoms. The maximum Gasteiger partial charge on any atom is 0.407 e. The average Bonchev–Trinajstić information content (AvgIpc) is 2.73. The Balaban J connectivity index is 1.60. The molecule has 8 nitrogen and oxygen atoms in total. The molecule has 0 aliphatic heterocycles. The van der Waals surface area contributed by atoms with Gasteiger partial charge >= 0.3 is 6.09 Å². The first-order chi connectivity index (χ1) is 15.2. The van der Waals surface area contributed by atoms with E-state index in [1.807, 2.05) is 24.3 Å². The SMILES string of the molecule is CC(C)(C)OC(=O)NC/C=C/CC(=O)Nc1cccc(-c2n[nH]c(=O)c3ccccc23)c1. The van der Waals surface area contributed by atoms with E-state index in [9.17, 15) is 14.4 Å². The van der Waals surface area contributed by atoms with Crippen molar-refractivity contribution in [3.63, 3.8) is 0 Å². The molecule has 0 spiro atoms. The van der Waals surface area contributed by atoms with Gasteiger partial charge in [-0.2, -0.15) is 5.10 Å². The summed E-state index contributed by atoms with van der Waals surface area (Å²) in [6, 6.07) is 14.5. The minimum Gasteiger partial charge on any atom is -0.444 e. The summed E-state index contributed by atoms with van der Waals surface area (Å²) in [7, 11) is 0. The molecule has 0 saturated carbocycles. The van der Waals surface area contributed by atoms with Gasteiger partial charge in [0.2, 0.25) is 5.91 Å². The summed E-state index contributed by atoms with van der Waals surface area (Å²) in [4.78, 5) is 35.8. The second-order valence-electron chi connectivity index (χ2n) is 8.13. The van der Waals surface area contributed by atoms with Crippen LogP contribution < -0.4 is 16.2 Å². The van der Waals surface area contributed by atoms with E-state index < -0.39 is 11.7 Å². The van der Waals surface area contributed by atoms with Gasteiger partial charge in [-0.15, -0.1) is 0 Å². The van der Waals surface area contributed by atoms with Crippen LogP contribution in [0.15, 0.2) is 65.5 Å². The molecule has 0 aliphatic rings. The first kappa shape index (κ1) is 22.7. The lowest BCUT2D eigenvalue weighted by Gasteiger charge is -2.19. The summed E-state index contributed by atoms with van der Waals surface area (Å²) in [5.41, 5.74) is 1.21. The number of fused-ring (bicyclic) bond motifs is 1. The molecule has 0 unspecified atom stereocenters. The first-order valence-corrected chi connectivity index (χ1v) is 10.2. The Morgan fingerprint density at radius 1 is 1.06 bits per heavy atom. The first-order valence-electron chi connectivity index (χ1n) is 10.2. The Hall–Kier alpha value is -3.94. The van der Waals surface area contributed by atoms with Crippen LogP contribution in [-0.4, -0.2) is 34.3 Å². The molecular weight excluding hydrogens is 408 g/mol. The quantitative estimate of drug-likeness (QED) is 0.508. The van der Waals surface area contributed by atoms with E-state index in [4.69, 9.17) is 4.74 Å². The predicted octanol–water partition coefficient (Wildman–Crippen LogP) is 4.00. The number of hydrogen-bond acceptors (Lipinski definition) is 5. The lowest BCUT2D eigenvalue weighted by molar-refractivity contribution is -0.115. The van der Waals surface area contributed by atoms with Crippen molar-refractivity contribution >= 4 is 28.5 Å². The topological polar surface area (TPSA) is 113 Å². The summed E-state index contributed by atoms with van der Waals surface area (Å²) >= 11 is 0. The summed E-state index contributed by atoms with van der Waals surface area (Å²) in [5.74, 6) is -0.199. The second kappa shape index (κ2) is 9.91. The van der Waals surface area contributed by atoms with Crippen LogP contribution in [-0.2, 0) is 9.53 Å². The van der Waals surface area contributed by atoms with Crippen LogP contribution >= 0.6 is 0 Å². The molecule has 32 heavy (non-hydrogen) atoms. The van der Waals surface area contributed by atoms with Gasteiger partial charge < -0.3 is 15.4 Å². The van der Waals surface area contributed by atoms with Crippen LogP contribution in [0.3, 0.4) is 0 Å². The van der Waals surface area contributed by atoms with Crippen LogP contribution in [0.25, 0.3) is 22.0 Å². The molecule has 3 aromatic rings. The van der Waals surface area contributed by atoms with E-state index in [-0.39, 0.29) is 24.4 Å². The summed E-state index contributed by atoms with van der Waals surface area (Å²) < 4.78 is 5.14. The van der Waals surface area contributed by atoms with E-state index in [0.717, 1.165) is 10.9 Å². The van der Waals surface area contributed by atoms with Gasteiger partial charge in [0.1, 0.15) is 5.60 Å². The van der Waals surface area contributed by atoms with Crippen LogP contribution in [0.4, 0.5) is 10.5 Å². The monoisotopic (exact) mass is 434 g/mol. The number of amides is 2. The van der Waals surface area contributed by atoms with E-state index in [1.165, 1.54) is 0 Å². The molecule has 2 amide bonds. The highest BCUT2D eigenvalue weighted by atomic mass is 16.6. The van der Waals surface area contributed by atoms with Crippen LogP contribution in [0, 0.1) is 0 Å². The smallest absolute Gasteiger partial charge is 0.407 e. The molecule has 3 N–H and O–H groups in total. The molecule has 3 rings (SSSR count). The zero-order chi connectivity index (χ0) is 23.1. The van der Waals surface area contributed by atoms with Crippen molar-refractivity contribution in [3.8, 4) is 11.3 Å². The highest BCUT2D eigenvalue weighted by Crippen LogP contribution is 2.26. The number of hydrogen-bond donors (Lipinski definition) is 3. The Morgan fingerprint density at radius 3 is 2.56 bits per heavy atom. The number of benzene rings is 2. The third kappa shape index (κ3) is 6.28. The molecular formula is C24H26N4O4. The van der Waals surface area contributed by atoms with Crippen molar-refractivity contribution in [1.29, 1.82) is 0 Å². The van der Waals surface area contributed by atoms with Gasteiger partial charge in [-0.3, -0.25) is 9.59 Å². The Bertz CT molecular complexity index is 1210. The van der Waals surface area contributed by atoms with E-state index in [1.54, 1.807) is 57.2 Å². The van der Waals surface area contributed by atoms with Crippen LogP contribution in [0.1, 0.15) is 27.2 Å². The summed E-state index contributed by atoms with van der Waals surface area (Å²) in [5, 5.41) is 13.4. The fourth-order valence-corrected chi connectivity index (χ4v) is 3.02. The Kier molecular flexibility index (Phi) is 7.04. The number of H-pyrrole nitrogens is 1. The zero-order valence-electron chi connectivity index (χ0n) is 18.3. The van der Waals surface area contributed by atoms with Gasteiger partial charge in [0.25, 0.3) is 5.56 Å². The average molecular weight is 434 g/mol. The van der Waals surface area contributed by atoms with Gasteiger partial charge in [-0.05, 0) is 39.0 Å². The number of carbonyl (C=O) groups is 2. The number of aromatic nitrogens is 2. The Morgan fingerprint density at radius 2 is 1.81 bits per heavy atom. The number of anilines is 1. The normalized spacial score (nSPS) is 11.5. The number of rotatable bonds is 6. The third-order valence-corrected chi connectivity index (χ3v) is 4.35. The van der Waals surface area contributed by atoms with Gasteiger partial charge in [0, 0.05) is 29.6 Å². The maximum absolute atomic E-state index is 12.3. The third-order valence-electron chi connectivity index (χ3n) is 4.35. The lowest BCUT2D eigenvalue weighted by Crippen LogP contribution is -2.32. The fourth-order valence-electron chi connectivity index (χ4n) is 3.02. The number of alkyl carbamates (subject to hydrolysis) is 1. The second-order valence-corrected chi connectivity index (χ2v) is 8.13. The molecule has 0 radical (unpaired) electrons. The van der Waals surface area contributed by atoms with Gasteiger partial charge in [0.15, 0.2) is 0 Å². The molecule has 0 saturated heterocycles. The fraction of sp³-hybridized carbons (Fsp3) is 0.250. The highest BCUT2D eigenvalue weighted by Gasteiger charge is 2.15. The number of nitrogens with one attached hydrogen (secondary N) is 3. The summed E-state index contributed by atoms with van der Waals surface area (Å²) in [6.07, 6.45) is 3.01. The Labute approximate surface area is 185 Å². The molecule has 1 heterocycles. The molecule has 0 atom stereocenters. The minimum absolute atomic E-state index is 0.153. The zero-order valence-corrected chi connectivity index (χ0v) is 18.3. The van der Waals surface area contributed by atoms with Crippen molar-refractivity contribution in [1.82, 2.24) is 15.5 Å². The number of nitrogens with zero attached hydrogens (tertiary/aromatic N) is 1. The lowest BCUT2D eigenvalue weighted by atomic mass is 10.0. The molecule has 0 fully saturated rings. The van der Waals surface area contributed by atoms with Crippen molar-refractivity contribution < 1.29 is 14.3 Å². The summed E-state index contributed by atoms with van der Waals surface area (Å²) in [6.45, 7) is 5.63. The molecule has 166 valence electrons. The molecule has 0 aliphatic carbocycles. The van der Waals surface area contributed by atoms with Crippen molar-refractivity contribution in [3.05, 3.63) is 71.0 Å². The highest BCUT2D eigenvalue weighted by molar-refractivity contribution is 5.96. The van der Waals surface area contributed by atoms with Gasteiger partial charge in [0.05, 0.1) is 11.1 Å². The molecule has 1 aromatic heterocycles. The largest absolute Gasteiger partial charge is 0.444 e. The molecule has 8 heteroatoms. The van der Waals surface area contributed by atoms with E-state index >= 15 is 0 Å². The maximum atomic E-state index is 12.3. The van der Waals surface area contributed by atoms with Gasteiger partial charge in [-0.1, -0.05) is 42.5 Å². The van der Waals surface area contributed by atoms with Crippen molar-refractivity contribution in [2.24, 2.45) is 0 Å². The predicted molar refractivity (Wildman–Crippen MR) is 124 cm³/mol. The number of aromatic amines is 1. The van der Waals surface area contributed by atoms with Crippen molar-refractivity contribution in [2.45, 2.75) is 32.8 Å². The number of ether oxygens (including phenoxy) is 1. The van der Waals surface area contributed by atoms with E-state index in [2.05, 4.69) is 20.8 Å². The van der Waals surface area contributed by atoms with Crippen LogP contribution in [0.2, 0.25) is 0 Å². The number of carbonyl (C=O) groups excluding carboxylic acids is 2. The van der Waals surface area contributed by atoms with Gasteiger partial charge in [-0.25, -0.2) is 9.89 Å². The standard InChI is InChI=1S/C24H26N4O4/c1-24(2,3)32-23(31)25-14-7-6-13-20(29)26-17-10-8-9-16(15-17)21-18-11-4-5-12-19(18)22(30)28-27-21/h4-12,15H,13-14H2,1-3H3,(H,25,31)(H,26,29)(H,28,30)/b7-6+.